The van der Waals surface area contributed by atoms with Crippen molar-refractivity contribution in [2.45, 2.75) is 12.8 Å². The topological polar surface area (TPSA) is 116 Å². The van der Waals surface area contributed by atoms with Gasteiger partial charge in [0.15, 0.2) is 5.96 Å². The summed E-state index contributed by atoms with van der Waals surface area (Å²) >= 11 is 0. The average Bonchev–Trinajstić information content (AvgIpc) is 2.46. The van der Waals surface area contributed by atoms with Crippen LogP contribution in [0.15, 0.2) is 58.6 Å². The van der Waals surface area contributed by atoms with Crippen LogP contribution in [0.4, 0.5) is 5.69 Å². The van der Waals surface area contributed by atoms with Crippen LogP contribution >= 0.6 is 0 Å². The third-order valence-electron chi connectivity index (χ3n) is 2.79. The predicted molar refractivity (Wildman–Crippen MR) is 85.2 cm³/mol. The number of rotatable bonds is 4. The van der Waals surface area contributed by atoms with Crippen LogP contribution in [0.1, 0.15) is 11.3 Å². The van der Waals surface area contributed by atoms with E-state index in [4.69, 9.17) is 17.2 Å². The van der Waals surface area contributed by atoms with Crippen LogP contribution < -0.4 is 17.2 Å². The summed E-state index contributed by atoms with van der Waals surface area (Å²) in [5.41, 5.74) is 19.0. The maximum atomic E-state index is 5.61. The van der Waals surface area contributed by atoms with Gasteiger partial charge in [-0.25, -0.2) is 4.99 Å². The summed E-state index contributed by atoms with van der Waals surface area (Å²) < 4.78 is 0. The number of aryl methyl sites for hydroxylation is 2. The van der Waals surface area contributed by atoms with Gasteiger partial charge in [0, 0.05) is 11.9 Å². The van der Waals surface area contributed by atoms with Crippen molar-refractivity contribution in [2.24, 2.45) is 27.2 Å². The third-order valence-corrected chi connectivity index (χ3v) is 2.79. The molecule has 0 amide bonds. The van der Waals surface area contributed by atoms with Gasteiger partial charge in [-0.2, -0.15) is 4.99 Å². The van der Waals surface area contributed by atoms with Gasteiger partial charge in [-0.15, -0.1) is 0 Å². The normalized spacial score (nSPS) is 11.1. The van der Waals surface area contributed by atoms with E-state index in [0.717, 1.165) is 29.8 Å². The molecular formula is C15H18N6. The predicted octanol–water partition coefficient (Wildman–Crippen LogP) is 1.09. The van der Waals surface area contributed by atoms with E-state index >= 15 is 0 Å². The number of pyridine rings is 1. The zero-order valence-electron chi connectivity index (χ0n) is 11.6. The van der Waals surface area contributed by atoms with E-state index in [1.165, 1.54) is 0 Å². The molecule has 2 rings (SSSR count). The van der Waals surface area contributed by atoms with Gasteiger partial charge in [0.25, 0.3) is 0 Å². The van der Waals surface area contributed by atoms with Crippen LogP contribution in [0, 0.1) is 0 Å². The van der Waals surface area contributed by atoms with Crippen LogP contribution in [-0.2, 0) is 12.8 Å². The van der Waals surface area contributed by atoms with Crippen molar-refractivity contribution in [3.63, 3.8) is 0 Å². The number of nitrogens with two attached hydrogens (primary N) is 3. The van der Waals surface area contributed by atoms with Gasteiger partial charge >= 0.3 is 0 Å². The van der Waals surface area contributed by atoms with Gasteiger partial charge in [0.1, 0.15) is 0 Å². The molecule has 1 aromatic heterocycles. The summed E-state index contributed by atoms with van der Waals surface area (Å²) in [6.45, 7) is 0. The van der Waals surface area contributed by atoms with Gasteiger partial charge in [-0.3, -0.25) is 4.98 Å². The lowest BCUT2D eigenvalue weighted by molar-refractivity contribution is 0.914. The molecule has 0 radical (unpaired) electrons. The Kier molecular flexibility index (Phi) is 4.87. The van der Waals surface area contributed by atoms with Crippen molar-refractivity contribution < 1.29 is 0 Å². The highest BCUT2D eigenvalue weighted by atomic mass is 15.1. The summed E-state index contributed by atoms with van der Waals surface area (Å²) in [5, 5.41) is 0. The molecule has 1 heterocycles. The molecule has 0 spiro atoms. The summed E-state index contributed by atoms with van der Waals surface area (Å²) in [7, 11) is 0. The molecule has 0 aliphatic carbocycles. The Morgan fingerprint density at radius 3 is 2.57 bits per heavy atom. The van der Waals surface area contributed by atoms with E-state index in [0.29, 0.717) is 0 Å². The van der Waals surface area contributed by atoms with Crippen molar-refractivity contribution in [3.8, 4) is 0 Å². The van der Waals surface area contributed by atoms with Crippen molar-refractivity contribution >= 4 is 17.6 Å². The maximum absolute atomic E-state index is 5.61. The summed E-state index contributed by atoms with van der Waals surface area (Å²) in [4.78, 5) is 12.1. The van der Waals surface area contributed by atoms with E-state index < -0.39 is 0 Å². The van der Waals surface area contributed by atoms with Crippen molar-refractivity contribution in [3.05, 3.63) is 59.9 Å². The Morgan fingerprint density at radius 1 is 1.00 bits per heavy atom. The van der Waals surface area contributed by atoms with Crippen LogP contribution in [0.25, 0.3) is 0 Å². The Labute approximate surface area is 123 Å². The fourth-order valence-electron chi connectivity index (χ4n) is 1.89. The number of guanidine groups is 2. The molecule has 0 atom stereocenters. The molecule has 6 N–H and O–H groups in total. The number of nitrogens with zero attached hydrogens (tertiary/aromatic N) is 3. The van der Waals surface area contributed by atoms with E-state index in [1.54, 1.807) is 6.20 Å². The highest BCUT2D eigenvalue weighted by molar-refractivity contribution is 5.93. The Morgan fingerprint density at radius 2 is 1.86 bits per heavy atom. The molecule has 0 aliphatic rings. The molecular weight excluding hydrogens is 264 g/mol. The van der Waals surface area contributed by atoms with Crippen molar-refractivity contribution in [2.75, 3.05) is 0 Å². The second kappa shape index (κ2) is 7.04. The zero-order chi connectivity index (χ0) is 15.1. The first-order chi connectivity index (χ1) is 10.1. The molecule has 6 nitrogen and oxygen atoms in total. The van der Waals surface area contributed by atoms with Gasteiger partial charge < -0.3 is 17.2 Å². The molecule has 0 fully saturated rings. The minimum atomic E-state index is -0.109. The first-order valence-electron chi connectivity index (χ1n) is 6.56. The summed E-state index contributed by atoms with van der Waals surface area (Å²) in [6.07, 6.45) is 3.55. The molecule has 108 valence electrons. The largest absolute Gasteiger partial charge is 0.370 e. The molecule has 21 heavy (non-hydrogen) atoms. The van der Waals surface area contributed by atoms with E-state index in [1.807, 2.05) is 42.5 Å². The Hall–Kier alpha value is -2.89. The fraction of sp³-hybridized carbons (Fsp3) is 0.133. The van der Waals surface area contributed by atoms with E-state index in [-0.39, 0.29) is 11.9 Å². The molecule has 0 aliphatic heterocycles. The quantitative estimate of drug-likeness (QED) is 0.575. The zero-order valence-corrected chi connectivity index (χ0v) is 11.6. The fourth-order valence-corrected chi connectivity index (χ4v) is 1.89. The number of hydrogen-bond acceptors (Lipinski definition) is 2. The van der Waals surface area contributed by atoms with Gasteiger partial charge in [0.05, 0.1) is 5.69 Å². The monoisotopic (exact) mass is 282 g/mol. The SMILES string of the molecule is NC(N)=NC(N)=Nc1cccc(CCc2ccccn2)c1. The first kappa shape index (κ1) is 14.5. The van der Waals surface area contributed by atoms with Crippen molar-refractivity contribution in [1.29, 1.82) is 0 Å². The van der Waals surface area contributed by atoms with Gasteiger partial charge in [-0.05, 0) is 42.7 Å². The van der Waals surface area contributed by atoms with Crippen LogP contribution in [0.5, 0.6) is 0 Å². The third kappa shape index (κ3) is 4.94. The molecule has 0 saturated heterocycles. The molecule has 0 unspecified atom stereocenters. The number of aliphatic imine (C=N–C) groups is 2. The highest BCUT2D eigenvalue weighted by Crippen LogP contribution is 2.15. The van der Waals surface area contributed by atoms with E-state index in [2.05, 4.69) is 15.0 Å². The molecule has 0 bridgehead atoms. The minimum absolute atomic E-state index is 0.0388. The maximum Gasteiger partial charge on any atom is 0.223 e. The number of aromatic nitrogens is 1. The van der Waals surface area contributed by atoms with Crippen LogP contribution in [0.2, 0.25) is 0 Å². The van der Waals surface area contributed by atoms with E-state index in [9.17, 15) is 0 Å². The lowest BCUT2D eigenvalue weighted by atomic mass is 10.1. The smallest absolute Gasteiger partial charge is 0.223 e. The van der Waals surface area contributed by atoms with Crippen molar-refractivity contribution in [1.82, 2.24) is 4.98 Å². The molecule has 6 heteroatoms. The van der Waals surface area contributed by atoms with Gasteiger partial charge in [-0.1, -0.05) is 18.2 Å². The summed E-state index contributed by atoms with van der Waals surface area (Å²) in [6, 6.07) is 13.7. The number of hydrogen-bond donors (Lipinski definition) is 3. The number of benzene rings is 1. The lowest BCUT2D eigenvalue weighted by Gasteiger charge is -2.03. The Bertz CT molecular complexity index is 644. The standard InChI is InChI=1S/C15H18N6/c16-14(17)21-15(18)20-13-6-3-4-11(10-13)7-8-12-5-1-2-9-19-12/h1-6,9-10H,7-8H2,(H6,16,17,18,20,21). The Balaban J connectivity index is 2.06. The van der Waals surface area contributed by atoms with Crippen LogP contribution in [-0.4, -0.2) is 16.9 Å². The molecule has 0 saturated carbocycles. The van der Waals surface area contributed by atoms with Crippen LogP contribution in [0.3, 0.4) is 0 Å². The molecule has 2 aromatic rings. The average molecular weight is 282 g/mol. The van der Waals surface area contributed by atoms with Gasteiger partial charge in [0.2, 0.25) is 5.96 Å². The highest BCUT2D eigenvalue weighted by Gasteiger charge is 1.99. The molecule has 1 aromatic carbocycles. The second-order valence-electron chi connectivity index (χ2n) is 4.50. The first-order valence-corrected chi connectivity index (χ1v) is 6.56. The summed E-state index contributed by atoms with van der Waals surface area (Å²) in [5.74, 6) is -0.0700. The second-order valence-corrected chi connectivity index (χ2v) is 4.50. The minimum Gasteiger partial charge on any atom is -0.370 e. The lowest BCUT2D eigenvalue weighted by Crippen LogP contribution is -2.26.